The number of pyridine rings is 1. The molecule has 0 atom stereocenters. The van der Waals surface area contributed by atoms with Crippen molar-refractivity contribution in [2.75, 3.05) is 7.11 Å². The van der Waals surface area contributed by atoms with Gasteiger partial charge in [-0.2, -0.15) is 5.26 Å². The number of rotatable bonds is 3. The van der Waals surface area contributed by atoms with Crippen molar-refractivity contribution in [1.29, 1.82) is 5.26 Å². The summed E-state index contributed by atoms with van der Waals surface area (Å²) in [6.07, 6.45) is 1.58. The molecule has 0 fully saturated rings. The minimum Gasteiger partial charge on any atom is -0.497 e. The van der Waals surface area contributed by atoms with Gasteiger partial charge in [0.2, 0.25) is 0 Å². The molecule has 5 nitrogen and oxygen atoms in total. The largest absolute Gasteiger partial charge is 0.497 e. The number of nitrogens with two attached hydrogens (primary N) is 1. The number of amidine groups is 1. The maximum atomic E-state index is 8.98. The molecule has 2 N–H and O–H groups in total. The molecule has 1 aromatic carbocycles. The average molecular weight is 252 g/mol. The van der Waals surface area contributed by atoms with Crippen molar-refractivity contribution < 1.29 is 4.74 Å². The zero-order chi connectivity index (χ0) is 13.7. The molecule has 0 radical (unpaired) electrons. The summed E-state index contributed by atoms with van der Waals surface area (Å²) in [7, 11) is 1.60. The van der Waals surface area contributed by atoms with Crippen molar-refractivity contribution in [1.82, 2.24) is 4.98 Å². The molecule has 94 valence electrons. The highest BCUT2D eigenvalue weighted by atomic mass is 16.5. The number of ether oxygens (including phenoxy) is 1. The molecule has 2 rings (SSSR count). The van der Waals surface area contributed by atoms with E-state index in [1.807, 2.05) is 6.07 Å². The van der Waals surface area contributed by atoms with E-state index in [0.717, 1.165) is 5.75 Å². The highest BCUT2D eigenvalue weighted by Crippen LogP contribution is 2.18. The number of hydrogen-bond donors (Lipinski definition) is 1. The fourth-order valence-electron chi connectivity index (χ4n) is 1.55. The zero-order valence-electron chi connectivity index (χ0n) is 10.4. The smallest absolute Gasteiger partial charge is 0.151 e. The van der Waals surface area contributed by atoms with Crippen molar-refractivity contribution in [3.8, 4) is 11.8 Å². The third-order valence-electron chi connectivity index (χ3n) is 2.49. The summed E-state index contributed by atoms with van der Waals surface area (Å²) < 4.78 is 5.06. The van der Waals surface area contributed by atoms with Crippen LogP contribution in [0.15, 0.2) is 47.6 Å². The Morgan fingerprint density at radius 1 is 1.32 bits per heavy atom. The first-order valence-electron chi connectivity index (χ1n) is 5.58. The predicted molar refractivity (Wildman–Crippen MR) is 72.3 cm³/mol. The summed E-state index contributed by atoms with van der Waals surface area (Å²) in [6, 6.07) is 12.5. The van der Waals surface area contributed by atoms with Crippen molar-refractivity contribution >= 4 is 11.5 Å². The Hall–Kier alpha value is -2.87. The third kappa shape index (κ3) is 2.87. The lowest BCUT2D eigenvalue weighted by Crippen LogP contribution is -2.16. The monoisotopic (exact) mass is 252 g/mol. The normalized spacial score (nSPS) is 10.8. The molecule has 0 spiro atoms. The summed E-state index contributed by atoms with van der Waals surface area (Å²) in [6.45, 7) is 0. The minimum atomic E-state index is 0.210. The zero-order valence-corrected chi connectivity index (χ0v) is 10.4. The Kier molecular flexibility index (Phi) is 3.74. The van der Waals surface area contributed by atoms with Crippen LogP contribution in [0, 0.1) is 11.3 Å². The molecule has 0 bridgehead atoms. The summed E-state index contributed by atoms with van der Waals surface area (Å²) in [5.41, 5.74) is 7.34. The standard InChI is InChI=1S/C14H12N4O/c1-19-12-6-4-11(5-7-12)18-14(16)13-10(9-15)3-2-8-17-13/h2-8H,1H3,(H2,16,18). The van der Waals surface area contributed by atoms with Crippen LogP contribution in [0.3, 0.4) is 0 Å². The highest BCUT2D eigenvalue weighted by Gasteiger charge is 2.06. The Balaban J connectivity index is 2.34. The van der Waals surface area contributed by atoms with Crippen LogP contribution in [0.25, 0.3) is 0 Å². The molecule has 0 aliphatic heterocycles. The first-order valence-corrected chi connectivity index (χ1v) is 5.58. The lowest BCUT2D eigenvalue weighted by atomic mass is 10.2. The summed E-state index contributed by atoms with van der Waals surface area (Å²) in [5.74, 6) is 0.954. The first-order chi connectivity index (χ1) is 9.24. The third-order valence-corrected chi connectivity index (χ3v) is 2.49. The second-order valence-corrected chi connectivity index (χ2v) is 3.71. The molecule has 0 saturated heterocycles. The first kappa shape index (κ1) is 12.6. The second-order valence-electron chi connectivity index (χ2n) is 3.71. The molecular formula is C14H12N4O. The van der Waals surface area contributed by atoms with E-state index in [0.29, 0.717) is 16.9 Å². The van der Waals surface area contributed by atoms with Gasteiger partial charge in [0.1, 0.15) is 17.5 Å². The van der Waals surface area contributed by atoms with E-state index in [9.17, 15) is 0 Å². The van der Waals surface area contributed by atoms with Crippen molar-refractivity contribution in [2.24, 2.45) is 10.7 Å². The average Bonchev–Trinajstić information content (AvgIpc) is 2.48. The van der Waals surface area contributed by atoms with E-state index in [4.69, 9.17) is 15.7 Å². The fraction of sp³-hybridized carbons (Fsp3) is 0.0714. The topological polar surface area (TPSA) is 84.3 Å². The van der Waals surface area contributed by atoms with Gasteiger partial charge in [-0.3, -0.25) is 4.98 Å². The molecule has 0 amide bonds. The number of hydrogen-bond acceptors (Lipinski definition) is 4. The summed E-state index contributed by atoms with van der Waals surface area (Å²) in [5, 5.41) is 8.98. The molecule has 0 aliphatic carbocycles. The SMILES string of the molecule is COc1ccc(N=C(N)c2ncccc2C#N)cc1. The molecule has 1 heterocycles. The van der Waals surface area contributed by atoms with Crippen LogP contribution in [0.1, 0.15) is 11.3 Å². The Labute approximate surface area is 111 Å². The van der Waals surface area contributed by atoms with Gasteiger partial charge in [0.05, 0.1) is 18.4 Å². The number of benzene rings is 1. The summed E-state index contributed by atoms with van der Waals surface area (Å²) in [4.78, 5) is 8.31. The Morgan fingerprint density at radius 2 is 2.05 bits per heavy atom. The second kappa shape index (κ2) is 5.65. The molecule has 19 heavy (non-hydrogen) atoms. The van der Waals surface area contributed by atoms with Crippen molar-refractivity contribution in [2.45, 2.75) is 0 Å². The van der Waals surface area contributed by atoms with Crippen LogP contribution in [0.5, 0.6) is 5.75 Å². The van der Waals surface area contributed by atoms with Gasteiger partial charge < -0.3 is 10.5 Å². The van der Waals surface area contributed by atoms with Crippen LogP contribution >= 0.6 is 0 Å². The molecule has 0 aliphatic rings. The van der Waals surface area contributed by atoms with Gasteiger partial charge in [-0.1, -0.05) is 0 Å². The van der Waals surface area contributed by atoms with Gasteiger partial charge >= 0.3 is 0 Å². The number of nitriles is 1. The lowest BCUT2D eigenvalue weighted by Gasteiger charge is -2.03. The van der Waals surface area contributed by atoms with Crippen LogP contribution in [0.2, 0.25) is 0 Å². The van der Waals surface area contributed by atoms with E-state index >= 15 is 0 Å². The Morgan fingerprint density at radius 3 is 2.68 bits per heavy atom. The van der Waals surface area contributed by atoms with E-state index in [1.54, 1.807) is 49.7 Å². The van der Waals surface area contributed by atoms with E-state index in [2.05, 4.69) is 9.98 Å². The van der Waals surface area contributed by atoms with Crippen molar-refractivity contribution in [3.05, 3.63) is 53.9 Å². The maximum Gasteiger partial charge on any atom is 0.151 e. The van der Waals surface area contributed by atoms with Crippen LogP contribution in [0.4, 0.5) is 5.69 Å². The molecular weight excluding hydrogens is 240 g/mol. The quantitative estimate of drug-likeness (QED) is 0.668. The Bertz CT molecular complexity index is 641. The van der Waals surface area contributed by atoms with Gasteiger partial charge in [-0.15, -0.1) is 0 Å². The van der Waals surface area contributed by atoms with Gasteiger partial charge in [0.15, 0.2) is 5.84 Å². The number of methoxy groups -OCH3 is 1. The highest BCUT2D eigenvalue weighted by molar-refractivity contribution is 5.99. The summed E-state index contributed by atoms with van der Waals surface area (Å²) >= 11 is 0. The van der Waals surface area contributed by atoms with Crippen LogP contribution < -0.4 is 10.5 Å². The van der Waals surface area contributed by atoms with E-state index in [-0.39, 0.29) is 5.84 Å². The number of aromatic nitrogens is 1. The molecule has 5 heteroatoms. The van der Waals surface area contributed by atoms with E-state index < -0.39 is 0 Å². The van der Waals surface area contributed by atoms with Gasteiger partial charge in [-0.25, -0.2) is 4.99 Å². The van der Waals surface area contributed by atoms with Gasteiger partial charge in [0.25, 0.3) is 0 Å². The molecule has 0 saturated carbocycles. The molecule has 2 aromatic rings. The lowest BCUT2D eigenvalue weighted by molar-refractivity contribution is 0.415. The maximum absolute atomic E-state index is 8.98. The predicted octanol–water partition coefficient (Wildman–Crippen LogP) is 2.00. The van der Waals surface area contributed by atoms with Gasteiger partial charge in [-0.05, 0) is 36.4 Å². The fourth-order valence-corrected chi connectivity index (χ4v) is 1.55. The van der Waals surface area contributed by atoms with Crippen LogP contribution in [-0.4, -0.2) is 17.9 Å². The number of aliphatic imine (C=N–C) groups is 1. The van der Waals surface area contributed by atoms with Crippen LogP contribution in [-0.2, 0) is 0 Å². The van der Waals surface area contributed by atoms with Gasteiger partial charge in [0, 0.05) is 6.20 Å². The van der Waals surface area contributed by atoms with Crippen molar-refractivity contribution in [3.63, 3.8) is 0 Å². The number of nitrogens with zero attached hydrogens (tertiary/aromatic N) is 3. The van der Waals surface area contributed by atoms with E-state index in [1.165, 1.54) is 0 Å². The molecule has 0 unspecified atom stereocenters. The minimum absolute atomic E-state index is 0.210. The molecule has 1 aromatic heterocycles.